The number of nitrogens with zero attached hydrogens (tertiary/aromatic N) is 3. The molecule has 1 aliphatic rings. The second-order valence-electron chi connectivity index (χ2n) is 6.58. The summed E-state index contributed by atoms with van der Waals surface area (Å²) in [6, 6.07) is 18.3. The Kier molecular flexibility index (Phi) is 8.56. The third-order valence-electron chi connectivity index (χ3n) is 4.77. The zero-order valence-corrected chi connectivity index (χ0v) is 18.5. The predicted molar refractivity (Wildman–Crippen MR) is 127 cm³/mol. The molecule has 1 amide bonds. The Bertz CT molecular complexity index is 771. The van der Waals surface area contributed by atoms with Gasteiger partial charge in [0.1, 0.15) is 6.54 Å². The van der Waals surface area contributed by atoms with E-state index < -0.39 is 0 Å². The lowest BCUT2D eigenvalue weighted by atomic mass is 10.1. The molecule has 1 heterocycles. The Balaban J connectivity index is 0.00000280. The third kappa shape index (κ3) is 6.12. The third-order valence-corrected chi connectivity index (χ3v) is 4.77. The molecule has 6 nitrogen and oxygen atoms in total. The fourth-order valence-corrected chi connectivity index (χ4v) is 3.12. The number of benzene rings is 2. The second-order valence-corrected chi connectivity index (χ2v) is 6.58. The summed E-state index contributed by atoms with van der Waals surface area (Å²) in [5.74, 6) is 0.268. The van der Waals surface area contributed by atoms with Crippen molar-refractivity contribution in [2.75, 3.05) is 42.9 Å². The van der Waals surface area contributed by atoms with E-state index in [-0.39, 0.29) is 42.4 Å². The molecule has 1 fully saturated rings. The molecule has 7 heteroatoms. The lowest BCUT2D eigenvalue weighted by molar-refractivity contribution is -0.129. The summed E-state index contributed by atoms with van der Waals surface area (Å²) in [7, 11) is 0. The number of nitrogens with one attached hydrogen (secondary N) is 1. The molecule has 0 saturated carbocycles. The standard InChI is InChI=1S/C21H27N5O.HI/c1-2-17-8-10-18(11-9-17)24-21(22)23-16-20(27)26-14-12-25(13-15-26)19-6-4-3-5-7-19;/h3-11H,2,12-16H2,1H3,(H3,22,23,24);1H. The number of piperazine rings is 1. The van der Waals surface area contributed by atoms with Crippen molar-refractivity contribution in [3.8, 4) is 0 Å². The summed E-state index contributed by atoms with van der Waals surface area (Å²) in [5.41, 5.74) is 9.25. The summed E-state index contributed by atoms with van der Waals surface area (Å²) in [6.45, 7) is 5.25. The van der Waals surface area contributed by atoms with Crippen molar-refractivity contribution in [3.05, 3.63) is 60.2 Å². The molecule has 0 bridgehead atoms. The van der Waals surface area contributed by atoms with Crippen LogP contribution in [0.4, 0.5) is 11.4 Å². The van der Waals surface area contributed by atoms with Gasteiger partial charge in [-0.15, -0.1) is 24.0 Å². The largest absolute Gasteiger partial charge is 0.370 e. The SMILES string of the molecule is CCc1ccc(NC(N)=NCC(=O)N2CCN(c3ccccc3)CC2)cc1.I. The van der Waals surface area contributed by atoms with E-state index in [1.54, 1.807) is 0 Å². The van der Waals surface area contributed by atoms with E-state index in [2.05, 4.69) is 34.3 Å². The van der Waals surface area contributed by atoms with Gasteiger partial charge in [0.25, 0.3) is 0 Å². The van der Waals surface area contributed by atoms with E-state index in [0.717, 1.165) is 25.2 Å². The first-order valence-electron chi connectivity index (χ1n) is 9.39. The van der Waals surface area contributed by atoms with E-state index >= 15 is 0 Å². The van der Waals surface area contributed by atoms with Gasteiger partial charge in [-0.05, 0) is 36.2 Å². The zero-order valence-electron chi connectivity index (χ0n) is 16.2. The minimum Gasteiger partial charge on any atom is -0.370 e. The first-order valence-corrected chi connectivity index (χ1v) is 9.39. The van der Waals surface area contributed by atoms with Crippen LogP contribution < -0.4 is 16.0 Å². The maximum atomic E-state index is 12.4. The maximum absolute atomic E-state index is 12.4. The number of anilines is 2. The number of aryl methyl sites for hydroxylation is 1. The number of nitrogens with two attached hydrogens (primary N) is 1. The number of carbonyl (C=O) groups excluding carboxylic acids is 1. The number of halogens is 1. The summed E-state index contributed by atoms with van der Waals surface area (Å²) >= 11 is 0. The number of aliphatic imine (C=N–C) groups is 1. The van der Waals surface area contributed by atoms with Crippen molar-refractivity contribution in [1.29, 1.82) is 0 Å². The lowest BCUT2D eigenvalue weighted by Gasteiger charge is -2.35. The van der Waals surface area contributed by atoms with Gasteiger partial charge in [-0.25, -0.2) is 4.99 Å². The average Bonchev–Trinajstić information content (AvgIpc) is 2.73. The highest BCUT2D eigenvalue weighted by Gasteiger charge is 2.20. The fourth-order valence-electron chi connectivity index (χ4n) is 3.12. The molecule has 0 radical (unpaired) electrons. The molecule has 1 saturated heterocycles. The van der Waals surface area contributed by atoms with E-state index in [1.807, 2.05) is 47.4 Å². The molecule has 2 aromatic rings. The predicted octanol–water partition coefficient (Wildman–Crippen LogP) is 2.94. The van der Waals surface area contributed by atoms with Gasteiger partial charge < -0.3 is 20.9 Å². The number of para-hydroxylation sites is 1. The number of guanidine groups is 1. The van der Waals surface area contributed by atoms with E-state index in [0.29, 0.717) is 13.1 Å². The Labute approximate surface area is 183 Å². The number of carbonyl (C=O) groups is 1. The molecule has 150 valence electrons. The molecule has 0 aromatic heterocycles. The summed E-state index contributed by atoms with van der Waals surface area (Å²) in [6.07, 6.45) is 0.996. The molecule has 0 aliphatic carbocycles. The molecule has 28 heavy (non-hydrogen) atoms. The van der Waals surface area contributed by atoms with Crippen LogP contribution in [0.15, 0.2) is 59.6 Å². The highest BCUT2D eigenvalue weighted by atomic mass is 127. The van der Waals surface area contributed by atoms with Gasteiger partial charge in [-0.2, -0.15) is 0 Å². The van der Waals surface area contributed by atoms with Gasteiger partial charge in [-0.1, -0.05) is 37.3 Å². The van der Waals surface area contributed by atoms with Crippen LogP contribution in [0, 0.1) is 0 Å². The van der Waals surface area contributed by atoms with Crippen molar-refractivity contribution < 1.29 is 4.79 Å². The van der Waals surface area contributed by atoms with Gasteiger partial charge in [0.05, 0.1) is 0 Å². The molecule has 2 aromatic carbocycles. The first-order chi connectivity index (χ1) is 13.2. The maximum Gasteiger partial charge on any atom is 0.244 e. The lowest BCUT2D eigenvalue weighted by Crippen LogP contribution is -2.49. The fraction of sp³-hybridized carbons (Fsp3) is 0.333. The smallest absolute Gasteiger partial charge is 0.244 e. The van der Waals surface area contributed by atoms with Gasteiger partial charge in [0, 0.05) is 37.6 Å². The van der Waals surface area contributed by atoms with E-state index in [1.165, 1.54) is 11.3 Å². The van der Waals surface area contributed by atoms with Crippen molar-refractivity contribution in [2.45, 2.75) is 13.3 Å². The van der Waals surface area contributed by atoms with Crippen LogP contribution in [0.25, 0.3) is 0 Å². The van der Waals surface area contributed by atoms with Crippen LogP contribution in [-0.4, -0.2) is 49.5 Å². The van der Waals surface area contributed by atoms with Crippen molar-refractivity contribution in [1.82, 2.24) is 4.90 Å². The molecule has 3 rings (SSSR count). The molecule has 1 aliphatic heterocycles. The Morgan fingerprint density at radius 2 is 1.68 bits per heavy atom. The van der Waals surface area contributed by atoms with Gasteiger partial charge in [-0.3, -0.25) is 4.79 Å². The Morgan fingerprint density at radius 3 is 2.29 bits per heavy atom. The molecule has 0 unspecified atom stereocenters. The average molecular weight is 493 g/mol. The van der Waals surface area contributed by atoms with Crippen LogP contribution in [0.5, 0.6) is 0 Å². The number of amides is 1. The van der Waals surface area contributed by atoms with Gasteiger partial charge in [0.2, 0.25) is 5.91 Å². The quantitative estimate of drug-likeness (QED) is 0.382. The van der Waals surface area contributed by atoms with Crippen LogP contribution in [0.3, 0.4) is 0 Å². The van der Waals surface area contributed by atoms with Gasteiger partial charge >= 0.3 is 0 Å². The summed E-state index contributed by atoms with van der Waals surface area (Å²) in [4.78, 5) is 20.7. The Morgan fingerprint density at radius 1 is 1.04 bits per heavy atom. The summed E-state index contributed by atoms with van der Waals surface area (Å²) < 4.78 is 0. The monoisotopic (exact) mass is 493 g/mol. The first kappa shape index (κ1) is 22.0. The van der Waals surface area contributed by atoms with Crippen LogP contribution in [-0.2, 0) is 11.2 Å². The normalized spacial score (nSPS) is 14.4. The van der Waals surface area contributed by atoms with Gasteiger partial charge in [0.15, 0.2) is 5.96 Å². The van der Waals surface area contributed by atoms with Crippen molar-refractivity contribution in [3.63, 3.8) is 0 Å². The number of hydrogen-bond donors (Lipinski definition) is 2. The van der Waals surface area contributed by atoms with E-state index in [4.69, 9.17) is 5.73 Å². The van der Waals surface area contributed by atoms with Crippen molar-refractivity contribution >= 4 is 47.2 Å². The zero-order chi connectivity index (χ0) is 19.1. The number of hydrogen-bond acceptors (Lipinski definition) is 3. The molecular formula is C21H28IN5O. The number of rotatable bonds is 5. The molecule has 3 N–H and O–H groups in total. The summed E-state index contributed by atoms with van der Waals surface area (Å²) in [5, 5.41) is 3.03. The van der Waals surface area contributed by atoms with E-state index in [9.17, 15) is 4.79 Å². The Hall–Kier alpha value is -2.29. The van der Waals surface area contributed by atoms with Crippen molar-refractivity contribution in [2.24, 2.45) is 10.7 Å². The molecule has 0 atom stereocenters. The molecular weight excluding hydrogens is 465 g/mol. The minimum atomic E-state index is 0. The highest BCUT2D eigenvalue weighted by molar-refractivity contribution is 14.0. The second kappa shape index (κ2) is 10.9. The molecule has 0 spiro atoms. The van der Waals surface area contributed by atoms with Crippen LogP contribution >= 0.6 is 24.0 Å². The van der Waals surface area contributed by atoms with Crippen LogP contribution in [0.1, 0.15) is 12.5 Å². The highest BCUT2D eigenvalue weighted by Crippen LogP contribution is 2.15. The topological polar surface area (TPSA) is 74.0 Å². The van der Waals surface area contributed by atoms with Crippen LogP contribution in [0.2, 0.25) is 0 Å². The minimum absolute atomic E-state index is 0.